The van der Waals surface area contributed by atoms with Crippen molar-refractivity contribution in [2.75, 3.05) is 73.0 Å². The molecule has 9 heterocycles. The number of nitrogens with zero attached hydrogens (tertiary/aromatic N) is 6. The maximum atomic E-state index is 14.7. The van der Waals surface area contributed by atoms with Crippen LogP contribution in [0.25, 0.3) is 11.2 Å². The van der Waals surface area contributed by atoms with Gasteiger partial charge in [-0.15, -0.1) is 0 Å². The van der Waals surface area contributed by atoms with Gasteiger partial charge >= 0.3 is 45.4 Å². The number of nitrogen functional groups attached to an aromatic ring is 1. The van der Waals surface area contributed by atoms with Gasteiger partial charge in [0.25, 0.3) is 22.6 Å². The smallest absolute Gasteiger partial charge is 0.389 e. The molecule has 0 bridgehead atoms. The number of imidazole rings is 1. The number of aliphatic hydroxyl groups is 2. The fraction of sp³-hybridized carbons (Fsp3) is 0.660. The van der Waals surface area contributed by atoms with E-state index < -0.39 is 187 Å². The summed E-state index contributed by atoms with van der Waals surface area (Å²) in [5.74, 6) is -0.862. The maximum absolute atomic E-state index is 14.7. The molecule has 8 N–H and O–H groups in total. The van der Waals surface area contributed by atoms with E-state index in [-0.39, 0.29) is 66.3 Å². The Hall–Kier alpha value is -3.30. The second kappa shape index (κ2) is 32.2. The zero-order valence-corrected chi connectivity index (χ0v) is 60.8. The fourth-order valence-corrected chi connectivity index (χ4v) is 18.0. The van der Waals surface area contributed by atoms with Crippen molar-refractivity contribution in [1.82, 2.24) is 48.8 Å². The molecule has 5 aliphatic heterocycles. The van der Waals surface area contributed by atoms with Crippen LogP contribution in [0.2, 0.25) is 0 Å². The maximum Gasteiger partial charge on any atom is 0.389 e. The lowest BCUT2D eigenvalue weighted by atomic mass is 10.1. The molecule has 12 unspecified atom stereocenters. The number of hydrogen-bond donors (Lipinski definition) is 11. The molecule has 4 saturated heterocycles. The van der Waals surface area contributed by atoms with Crippen LogP contribution in [0.4, 0.5) is 5.95 Å². The third-order valence-electron chi connectivity index (χ3n) is 15.3. The molecule has 5 aliphatic rings. The van der Waals surface area contributed by atoms with E-state index in [1.807, 2.05) is 0 Å². The largest absolute Gasteiger partial charge is 0.396 e. The number of hydrogen-bond acceptors (Lipinski definition) is 34. The van der Waals surface area contributed by atoms with Gasteiger partial charge in [0.1, 0.15) is 73.5 Å². The summed E-state index contributed by atoms with van der Waals surface area (Å²) in [5, 5.41) is 22.8. The quantitative estimate of drug-likeness (QED) is 0.0190. The number of rotatable bonds is 32. The molecule has 1 amide bonds. The van der Waals surface area contributed by atoms with Gasteiger partial charge < -0.3 is 63.6 Å². The average Bonchev–Trinajstić information content (AvgIpc) is 1.65. The van der Waals surface area contributed by atoms with Gasteiger partial charge in [-0.2, -0.15) is 4.98 Å². The molecule has 0 aliphatic carbocycles. The highest BCUT2D eigenvalue weighted by molar-refractivity contribution is 8.54. The van der Waals surface area contributed by atoms with Crippen LogP contribution in [0, 0.1) is 13.8 Å². The van der Waals surface area contributed by atoms with Gasteiger partial charge in [0.15, 0.2) is 23.6 Å². The van der Waals surface area contributed by atoms with Crippen LogP contribution in [-0.4, -0.2) is 200 Å². The lowest BCUT2D eigenvalue weighted by Crippen LogP contribution is -2.56. The summed E-state index contributed by atoms with van der Waals surface area (Å²) >= 11 is 17.4. The number of ether oxygens (including phenoxy) is 6. The van der Waals surface area contributed by atoms with Crippen LogP contribution >= 0.6 is 94.4 Å². The summed E-state index contributed by atoms with van der Waals surface area (Å²) in [6.45, 7) is -21.8. The van der Waals surface area contributed by atoms with Gasteiger partial charge in [-0.3, -0.25) is 84.0 Å². The molecule has 4 fully saturated rings. The summed E-state index contributed by atoms with van der Waals surface area (Å²) in [7, 11) is 3.47. The molecule has 0 saturated carbocycles. The zero-order chi connectivity index (χ0) is 70.9. The number of nitrogens with one attached hydrogen (secondary N) is 4. The number of methoxy groups -OCH3 is 2. The third-order valence-corrected chi connectivity index (χ3v) is 25.3. The Morgan fingerprint density at radius 1 is 0.639 bits per heavy atom. The predicted octanol–water partition coefficient (Wildman–Crippen LogP) is 2.53. The van der Waals surface area contributed by atoms with E-state index in [1.165, 1.54) is 62.3 Å². The molecule has 9 rings (SSSR count). The average molecular weight is 1570 g/mol. The molecular weight excluding hydrogens is 1500 g/mol. The topological polar surface area (TPSA) is 505 Å². The number of aromatic nitrogens is 8. The Labute approximate surface area is 573 Å². The molecule has 40 nitrogen and oxygen atoms in total. The number of aromatic amines is 3. The van der Waals surface area contributed by atoms with Crippen molar-refractivity contribution in [3.8, 4) is 0 Å². The molecule has 0 aromatic carbocycles. The highest BCUT2D eigenvalue weighted by atomic mass is 32.7. The molecule has 542 valence electrons. The van der Waals surface area contributed by atoms with E-state index in [1.54, 1.807) is 0 Å². The van der Waals surface area contributed by atoms with Crippen LogP contribution in [0.1, 0.15) is 56.0 Å². The van der Waals surface area contributed by atoms with Crippen molar-refractivity contribution in [2.45, 2.75) is 132 Å². The van der Waals surface area contributed by atoms with E-state index in [0.29, 0.717) is 11.4 Å². The molecule has 0 spiro atoms. The number of aryl methyl sites for hydroxylation is 2. The fourth-order valence-electron chi connectivity index (χ4n) is 10.6. The minimum atomic E-state index is -4.87. The highest BCUT2D eigenvalue weighted by Gasteiger charge is 2.55. The first-order valence-corrected chi connectivity index (χ1v) is 42.9. The number of fused-ring (bicyclic) bond motifs is 1. The number of thiol groups is 4. The van der Waals surface area contributed by atoms with E-state index in [4.69, 9.17) is 79.4 Å². The van der Waals surface area contributed by atoms with Crippen molar-refractivity contribution >= 4 is 117 Å². The molecule has 0 radical (unpaired) electrons. The normalized spacial score (nSPS) is 30.8. The summed E-state index contributed by atoms with van der Waals surface area (Å²) in [6.07, 6.45) is -15.9. The van der Waals surface area contributed by atoms with Gasteiger partial charge in [-0.1, -0.05) is 49.0 Å². The number of nitrogens with two attached hydrogens (primary N) is 1. The van der Waals surface area contributed by atoms with Crippen molar-refractivity contribution in [2.24, 2.45) is 0 Å². The Kier molecular flexibility index (Phi) is 25.8. The molecule has 50 heteroatoms. The van der Waals surface area contributed by atoms with E-state index in [0.717, 1.165) is 29.6 Å². The number of carbonyl (C=O) groups is 1. The predicted molar refractivity (Wildman–Crippen MR) is 351 cm³/mol. The number of H-pyrrole nitrogens is 3. The van der Waals surface area contributed by atoms with E-state index >= 15 is 0 Å². The van der Waals surface area contributed by atoms with Crippen molar-refractivity contribution in [3.63, 3.8) is 0 Å². The molecule has 4 aromatic heterocycles. The Morgan fingerprint density at radius 3 is 1.68 bits per heavy atom. The van der Waals surface area contributed by atoms with Crippen LogP contribution in [0.5, 0.6) is 0 Å². The number of aliphatic hydroxyl groups excluding tert-OH is 2. The summed E-state index contributed by atoms with van der Waals surface area (Å²) in [6, 6.07) is 0. The van der Waals surface area contributed by atoms with Crippen LogP contribution in [-0.2, 0) is 101 Å². The van der Waals surface area contributed by atoms with Crippen molar-refractivity contribution in [1.29, 1.82) is 0 Å². The minimum absolute atomic E-state index is 0.00769. The number of amides is 1. The minimum Gasteiger partial charge on any atom is -0.396 e. The standard InChI is InChI=1S/C47H70N11O29P5S5/c1-21-13-55(45(64)52-38(21)60)30-11-24(27(80-30)17-77-89(68,94)85-25-12-31(81-26(25)16-76-88(67,93)74-6)58-20-49-32-37(58)50-44(48)51-41(32)63)84-90(69,95)78-18-28-33(35(72-4)42(82-28)56-14-22(2)39(61)53-46(56)65)86-91(70,96)79-19-29-34(87-92(71,97-7)75-10-8-9-59)36(73-5)43(83-29)57-15-23(3)40(62)54-47(57)66/h13-15,20,24-31,33-36,42-43,47,59,66H,8-12,16-19H2,1-7H3,(H,54,62)(H,67,93)(H,68,94)(H,69,95)(H,70,96)(H,52,60,64)(H,53,61,65)(H3,48,50,51,63)/t24?,25?,26-,27-,28-,29-,30-,31-,33?,34?,35?,36?,42-,43-,47?,88?,89?,90?,91?,92?/m1/s1. The first kappa shape index (κ1) is 77.8. The lowest BCUT2D eigenvalue weighted by molar-refractivity contribution is -0.157. The van der Waals surface area contributed by atoms with Gasteiger partial charge in [0.2, 0.25) is 12.3 Å². The van der Waals surface area contributed by atoms with Crippen LogP contribution in [0.3, 0.4) is 0 Å². The Bertz CT molecular complexity index is 4130. The monoisotopic (exact) mass is 1570 g/mol. The molecule has 4 aromatic rings. The van der Waals surface area contributed by atoms with Crippen molar-refractivity contribution < 1.29 is 111 Å². The number of anilines is 1. The van der Waals surface area contributed by atoms with Crippen LogP contribution in [0.15, 0.2) is 54.5 Å². The molecule has 97 heavy (non-hydrogen) atoms. The zero-order valence-electron chi connectivity index (χ0n) is 51.9. The lowest BCUT2D eigenvalue weighted by Gasteiger charge is -2.37. The van der Waals surface area contributed by atoms with Gasteiger partial charge in [-0.05, 0) is 44.8 Å². The van der Waals surface area contributed by atoms with Gasteiger partial charge in [-0.25, -0.2) is 37.4 Å². The van der Waals surface area contributed by atoms with Crippen molar-refractivity contribution in [3.05, 3.63) is 93.7 Å². The Morgan fingerprint density at radius 2 is 1.13 bits per heavy atom. The SMILES string of the molecule is COC1C(OP(=O)(OCCCO)SC)[C@@H](COP(=O)(S)OC2C(OC)[C@H](n3cc(C)c(=O)[nH]c3=O)O[C@@H]2COP(=O)(S)OC2C[C@H](n3cc(C)c(=O)[nH]c3=O)O[C@@H]2COP(=O)(S)OC2C[C@H](n3cnc4c(=O)[nH]c(N)nc43)O[C@@H]2COP(=O)(S)OC)O[C@H]1N1C=C(C)C(=O)NC1O. The summed E-state index contributed by atoms with van der Waals surface area (Å²) < 4.78 is 168. The number of carbonyl (C=O) groups excluding carboxylic acids is 1. The highest BCUT2D eigenvalue weighted by Crippen LogP contribution is 2.63. The van der Waals surface area contributed by atoms with Gasteiger partial charge in [0, 0.05) is 76.1 Å². The molecule has 20 atom stereocenters. The Balaban J connectivity index is 0.951. The third kappa shape index (κ3) is 18.7. The van der Waals surface area contributed by atoms with Crippen LogP contribution < -0.4 is 39.1 Å². The molecular formula is C47H70N11O29P5S5. The van der Waals surface area contributed by atoms with E-state index in [9.17, 15) is 61.8 Å². The van der Waals surface area contributed by atoms with E-state index in [2.05, 4.69) is 79.2 Å². The first-order chi connectivity index (χ1) is 45.6. The summed E-state index contributed by atoms with van der Waals surface area (Å²) in [4.78, 5) is 92.9. The second-order valence-corrected chi connectivity index (χ2v) is 37.6. The van der Waals surface area contributed by atoms with Gasteiger partial charge in [0.05, 0.1) is 39.4 Å². The summed E-state index contributed by atoms with van der Waals surface area (Å²) in [5.41, 5.74) is 1.80. The second-order valence-electron chi connectivity index (χ2n) is 21.8. The first-order valence-electron chi connectivity index (χ1n) is 28.7.